The minimum Gasteiger partial charge on any atom is -0.480 e. The molecule has 1 unspecified atom stereocenters. The third-order valence-corrected chi connectivity index (χ3v) is 4.39. The van der Waals surface area contributed by atoms with Crippen LogP contribution < -0.4 is 4.74 Å². The Morgan fingerprint density at radius 3 is 2.96 bits per heavy atom. The van der Waals surface area contributed by atoms with Gasteiger partial charge in [-0.3, -0.25) is 4.79 Å². The molecule has 0 saturated heterocycles. The van der Waals surface area contributed by atoms with E-state index in [0.717, 1.165) is 24.0 Å². The van der Waals surface area contributed by atoms with E-state index in [1.54, 1.807) is 18.0 Å². The van der Waals surface area contributed by atoms with Crippen LogP contribution in [0, 0.1) is 5.82 Å². The molecule has 1 amide bonds. The summed E-state index contributed by atoms with van der Waals surface area (Å²) in [6, 6.07) is 6.10. The van der Waals surface area contributed by atoms with Gasteiger partial charge in [0.15, 0.2) is 0 Å². The van der Waals surface area contributed by atoms with E-state index in [1.807, 2.05) is 0 Å². The third kappa shape index (κ3) is 2.88. The molecule has 23 heavy (non-hydrogen) atoms. The number of rotatable bonds is 3. The molecule has 1 atom stereocenters. The molecule has 0 aliphatic heterocycles. The maximum atomic E-state index is 13.5. The third-order valence-electron chi connectivity index (χ3n) is 4.18. The molecule has 0 spiro atoms. The molecule has 1 aliphatic rings. The molecule has 1 aliphatic carbocycles. The van der Waals surface area contributed by atoms with Crippen LogP contribution in [0.5, 0.6) is 5.88 Å². The van der Waals surface area contributed by atoms with Crippen molar-refractivity contribution in [2.45, 2.75) is 18.9 Å². The summed E-state index contributed by atoms with van der Waals surface area (Å²) in [7, 11) is 3.15. The number of hydrogen-bond acceptors (Lipinski definition) is 3. The number of halogens is 2. The van der Waals surface area contributed by atoms with Crippen LogP contribution in [0.1, 0.15) is 33.9 Å². The Kier molecular flexibility index (Phi) is 4.22. The predicted octanol–water partition coefficient (Wildman–Crippen LogP) is 3.64. The van der Waals surface area contributed by atoms with Gasteiger partial charge in [0, 0.05) is 13.2 Å². The molecule has 0 bridgehead atoms. The summed E-state index contributed by atoms with van der Waals surface area (Å²) in [5.41, 5.74) is 2.23. The highest BCUT2D eigenvalue weighted by atomic mass is 35.5. The van der Waals surface area contributed by atoms with Crippen LogP contribution in [0.25, 0.3) is 0 Å². The zero-order valence-corrected chi connectivity index (χ0v) is 13.6. The summed E-state index contributed by atoms with van der Waals surface area (Å²) in [5.74, 6) is -0.318. The molecular formula is C17H16ClFN2O2. The van der Waals surface area contributed by atoms with Gasteiger partial charge in [0.1, 0.15) is 11.4 Å². The molecule has 120 valence electrons. The normalized spacial score (nSPS) is 16.1. The Hall–Kier alpha value is -2.14. The van der Waals surface area contributed by atoms with Gasteiger partial charge in [-0.15, -0.1) is 0 Å². The molecule has 0 radical (unpaired) electrons. The lowest BCUT2D eigenvalue weighted by atomic mass is 10.1. The van der Waals surface area contributed by atoms with Crippen molar-refractivity contribution in [2.24, 2.45) is 0 Å². The lowest BCUT2D eigenvalue weighted by Crippen LogP contribution is -2.30. The van der Waals surface area contributed by atoms with Gasteiger partial charge < -0.3 is 9.64 Å². The fourth-order valence-corrected chi connectivity index (χ4v) is 3.19. The first kappa shape index (κ1) is 15.7. The maximum Gasteiger partial charge on any atom is 0.259 e. The largest absolute Gasteiger partial charge is 0.480 e. The number of aromatic nitrogens is 1. The van der Waals surface area contributed by atoms with E-state index < -0.39 is 0 Å². The highest BCUT2D eigenvalue weighted by molar-refractivity contribution is 6.30. The lowest BCUT2D eigenvalue weighted by molar-refractivity contribution is 0.0726. The zero-order chi connectivity index (χ0) is 16.6. The van der Waals surface area contributed by atoms with Gasteiger partial charge in [0.25, 0.3) is 5.91 Å². The van der Waals surface area contributed by atoms with Gasteiger partial charge in [-0.05, 0) is 42.2 Å². The monoisotopic (exact) mass is 334 g/mol. The average Bonchev–Trinajstić information content (AvgIpc) is 2.96. The molecular weight excluding hydrogens is 319 g/mol. The molecule has 4 nitrogen and oxygen atoms in total. The Labute approximate surface area is 138 Å². The standard InChI is InChI=1S/C17H16ClFN2O2/c1-21(15-6-4-10-3-5-12(19)8-13(10)15)17(22)14-7-11(18)9-20-16(14)23-2/h3,5,7-9,15H,4,6H2,1-2H3. The molecule has 1 heterocycles. The minimum atomic E-state index is -0.293. The highest BCUT2D eigenvalue weighted by Crippen LogP contribution is 2.36. The predicted molar refractivity (Wildman–Crippen MR) is 85.4 cm³/mol. The molecule has 2 aromatic rings. The molecule has 0 saturated carbocycles. The van der Waals surface area contributed by atoms with Crippen molar-refractivity contribution < 1.29 is 13.9 Å². The van der Waals surface area contributed by atoms with Gasteiger partial charge in [0.2, 0.25) is 5.88 Å². The Balaban J connectivity index is 1.93. The molecule has 1 aromatic heterocycles. The quantitative estimate of drug-likeness (QED) is 0.860. The number of hydrogen-bond donors (Lipinski definition) is 0. The summed E-state index contributed by atoms with van der Waals surface area (Å²) in [5, 5.41) is 0.361. The van der Waals surface area contributed by atoms with E-state index >= 15 is 0 Å². The number of fused-ring (bicyclic) bond motifs is 1. The van der Waals surface area contributed by atoms with Crippen molar-refractivity contribution in [3.8, 4) is 5.88 Å². The van der Waals surface area contributed by atoms with Crippen molar-refractivity contribution in [1.82, 2.24) is 9.88 Å². The number of amides is 1. The number of pyridine rings is 1. The SMILES string of the molecule is COc1ncc(Cl)cc1C(=O)N(C)C1CCc2ccc(F)cc21. The fraction of sp³-hybridized carbons (Fsp3) is 0.294. The average molecular weight is 335 g/mol. The van der Waals surface area contributed by atoms with Crippen LogP contribution in [0.4, 0.5) is 4.39 Å². The van der Waals surface area contributed by atoms with Crippen LogP contribution in [-0.2, 0) is 6.42 Å². The van der Waals surface area contributed by atoms with Crippen molar-refractivity contribution in [2.75, 3.05) is 14.2 Å². The first-order chi connectivity index (χ1) is 11.0. The number of carbonyl (C=O) groups is 1. The van der Waals surface area contributed by atoms with E-state index in [0.29, 0.717) is 10.6 Å². The molecule has 1 aromatic carbocycles. The van der Waals surface area contributed by atoms with Crippen LogP contribution >= 0.6 is 11.6 Å². The summed E-state index contributed by atoms with van der Waals surface area (Å²) in [4.78, 5) is 18.4. The van der Waals surface area contributed by atoms with Gasteiger partial charge in [-0.1, -0.05) is 17.7 Å². The number of aryl methyl sites for hydroxylation is 1. The highest BCUT2D eigenvalue weighted by Gasteiger charge is 2.31. The minimum absolute atomic E-state index is 0.170. The van der Waals surface area contributed by atoms with Crippen molar-refractivity contribution in [3.05, 3.63) is 58.0 Å². The number of carbonyl (C=O) groups excluding carboxylic acids is 1. The maximum absolute atomic E-state index is 13.5. The summed E-state index contributed by atoms with van der Waals surface area (Å²) < 4.78 is 18.7. The zero-order valence-electron chi connectivity index (χ0n) is 12.8. The van der Waals surface area contributed by atoms with Crippen molar-refractivity contribution in [3.63, 3.8) is 0 Å². The Morgan fingerprint density at radius 1 is 1.43 bits per heavy atom. The summed E-state index contributed by atoms with van der Waals surface area (Å²) in [6.07, 6.45) is 3.01. The number of nitrogens with zero attached hydrogens (tertiary/aromatic N) is 2. The second kappa shape index (κ2) is 6.16. The first-order valence-electron chi connectivity index (χ1n) is 7.26. The molecule has 0 N–H and O–H groups in total. The van der Waals surface area contributed by atoms with E-state index in [4.69, 9.17) is 16.3 Å². The van der Waals surface area contributed by atoms with Crippen molar-refractivity contribution in [1.29, 1.82) is 0 Å². The summed E-state index contributed by atoms with van der Waals surface area (Å²) in [6.45, 7) is 0. The first-order valence-corrected chi connectivity index (χ1v) is 7.64. The smallest absolute Gasteiger partial charge is 0.259 e. The van der Waals surface area contributed by atoms with E-state index in [9.17, 15) is 9.18 Å². The molecule has 0 fully saturated rings. The molecule has 3 rings (SSSR count). The van der Waals surface area contributed by atoms with Gasteiger partial charge in [-0.25, -0.2) is 9.37 Å². The van der Waals surface area contributed by atoms with Crippen LogP contribution in [0.3, 0.4) is 0 Å². The molecule has 6 heteroatoms. The van der Waals surface area contributed by atoms with Gasteiger partial charge >= 0.3 is 0 Å². The second-order valence-electron chi connectivity index (χ2n) is 5.52. The second-order valence-corrected chi connectivity index (χ2v) is 5.96. The van der Waals surface area contributed by atoms with E-state index in [1.165, 1.54) is 31.5 Å². The lowest BCUT2D eigenvalue weighted by Gasteiger charge is -2.26. The topological polar surface area (TPSA) is 42.4 Å². The number of ether oxygens (including phenoxy) is 1. The Bertz CT molecular complexity index is 766. The number of methoxy groups -OCH3 is 1. The number of benzene rings is 1. The van der Waals surface area contributed by atoms with Crippen molar-refractivity contribution >= 4 is 17.5 Å². The van der Waals surface area contributed by atoms with Gasteiger partial charge in [-0.2, -0.15) is 0 Å². The van der Waals surface area contributed by atoms with Crippen LogP contribution in [0.2, 0.25) is 5.02 Å². The van der Waals surface area contributed by atoms with Gasteiger partial charge in [0.05, 0.1) is 18.2 Å². The summed E-state index contributed by atoms with van der Waals surface area (Å²) >= 11 is 5.95. The fourth-order valence-electron chi connectivity index (χ4n) is 3.03. The van der Waals surface area contributed by atoms with E-state index in [2.05, 4.69) is 4.98 Å². The van der Waals surface area contributed by atoms with Crippen LogP contribution in [-0.4, -0.2) is 29.9 Å². The van der Waals surface area contributed by atoms with Crippen LogP contribution in [0.15, 0.2) is 30.5 Å². The Morgan fingerprint density at radius 2 is 2.22 bits per heavy atom. The van der Waals surface area contributed by atoms with E-state index in [-0.39, 0.29) is 23.6 Å².